The second kappa shape index (κ2) is 45.7. The lowest BCUT2D eigenvalue weighted by Gasteiger charge is -2.41. The Morgan fingerprint density at radius 3 is 1.49 bits per heavy atom. The minimum Gasteiger partial charge on any atom is -0.496 e. The maximum absolute atomic E-state index is 14.5. The normalized spacial score (nSPS) is 16.3. The number of nitrogens with two attached hydrogens (primary N) is 1. The number of halogens is 2. The number of aromatic nitrogens is 2. The highest BCUT2D eigenvalue weighted by molar-refractivity contribution is 6.35. The largest absolute Gasteiger partial charge is 0.496 e. The van der Waals surface area contributed by atoms with Crippen LogP contribution in [-0.4, -0.2) is 314 Å². The molecular weight excluding hydrogens is 1630 g/mol. The van der Waals surface area contributed by atoms with E-state index in [1.165, 1.54) is 37.7 Å². The standard InChI is InChI=1S/C78H105Cl2N17O24/c1-43(70(81)111)84-74(115)55(13-8-9-20-82-60(98)16-17-61(99)87-50-12-10-11-47(31-50)52-35-53-59(36-58(52)119-7)121-41-54-68(77(118)96-29-30-120-42-78(96,5)6)91-97(69(53)54)51-33-48(79)32-49(80)34-51)88-72(113)45(3)85-76(117)57(15-19-64(103)104)90-73(114)46(4)86-75(116)56(14-18-63(101)102)89-71(112)44(2)83-62(100)37-92-21-23-93(38-65(105)106)25-27-95(40-67(109)110)28-26-94(24-22-92)39-66(107)108/h10-12,31-36,43-46,55-57H,8-9,13-30,37-42H2,1-7H3,(H2,81,111)(H,82,98)(H,83,100)(H,84,115)(H,85,117)(H,86,116)(H,87,99)(H,88,113)(H,89,112)(H,90,114)(H,101,102)(H,103,104)(H,105,106)(H,107,108)(H,109,110)/t43-,44-,45-,46-,55-,56-,57-/m1/s1. The Balaban J connectivity index is 0.912. The highest BCUT2D eigenvalue weighted by Crippen LogP contribution is 2.47. The van der Waals surface area contributed by atoms with Gasteiger partial charge in [-0.15, -0.1) is 0 Å². The van der Waals surface area contributed by atoms with Gasteiger partial charge in [0.25, 0.3) is 5.91 Å². The minimum absolute atomic E-state index is 0.00903. The molecule has 4 aromatic rings. The summed E-state index contributed by atoms with van der Waals surface area (Å²) in [6.07, 6.45) is -2.76. The number of amides is 11. The fraction of sp³-hybridized carbons (Fsp3) is 0.526. The number of benzene rings is 3. The highest BCUT2D eigenvalue weighted by Gasteiger charge is 2.41. The van der Waals surface area contributed by atoms with E-state index in [-0.39, 0.29) is 116 Å². The van der Waals surface area contributed by atoms with E-state index in [9.17, 15) is 102 Å². The van der Waals surface area contributed by atoms with Crippen LogP contribution in [0.1, 0.15) is 115 Å². The van der Waals surface area contributed by atoms with Crippen LogP contribution in [0.4, 0.5) is 5.69 Å². The number of primary amides is 1. The maximum Gasteiger partial charge on any atom is 0.317 e. The fourth-order valence-electron chi connectivity index (χ4n) is 13.4. The molecule has 0 spiro atoms. The molecule has 1 aromatic heterocycles. The highest BCUT2D eigenvalue weighted by atomic mass is 35.5. The summed E-state index contributed by atoms with van der Waals surface area (Å²) in [5, 5.41) is 75.7. The van der Waals surface area contributed by atoms with Crippen LogP contribution < -0.4 is 63.1 Å². The van der Waals surface area contributed by atoms with Crippen LogP contribution in [0.15, 0.2) is 54.6 Å². The molecule has 2 saturated heterocycles. The number of carboxylic acid groups (broad SMARTS) is 5. The van der Waals surface area contributed by atoms with Gasteiger partial charge in [0.2, 0.25) is 59.1 Å². The number of unbranched alkanes of at least 4 members (excludes halogenated alkanes) is 1. The number of anilines is 1. The number of carbonyl (C=O) groups excluding carboxylic acids is 11. The quantitative estimate of drug-likeness (QED) is 0.0257. The Kier molecular flexibility index (Phi) is 36.4. The molecule has 3 aliphatic rings. The molecule has 11 amide bonds. The number of carbonyl (C=O) groups is 16. The van der Waals surface area contributed by atoms with Gasteiger partial charge in [0.1, 0.15) is 60.4 Å². The molecule has 3 aliphatic heterocycles. The Morgan fingerprint density at radius 2 is 1.01 bits per heavy atom. The first-order valence-corrected chi connectivity index (χ1v) is 39.8. The van der Waals surface area contributed by atoms with Crippen LogP contribution in [0, 0.1) is 0 Å². The van der Waals surface area contributed by atoms with E-state index in [4.69, 9.17) is 48.2 Å². The molecule has 0 saturated carbocycles. The fourth-order valence-corrected chi connectivity index (χ4v) is 13.9. The Bertz CT molecular complexity index is 4440. The summed E-state index contributed by atoms with van der Waals surface area (Å²) >= 11 is 13.1. The van der Waals surface area contributed by atoms with Gasteiger partial charge in [-0.3, -0.25) is 96.3 Å². The average Bonchev–Trinajstić information content (AvgIpc) is 1.59. The summed E-state index contributed by atoms with van der Waals surface area (Å²) < 4.78 is 19.5. The van der Waals surface area contributed by atoms with Gasteiger partial charge in [0.05, 0.1) is 63.4 Å². The number of ether oxygens (including phenoxy) is 3. The Morgan fingerprint density at radius 1 is 0.529 bits per heavy atom. The molecule has 0 aliphatic carbocycles. The third-order valence-electron chi connectivity index (χ3n) is 20.0. The van der Waals surface area contributed by atoms with E-state index < -0.39 is 182 Å². The lowest BCUT2D eigenvalue weighted by molar-refractivity contribution is -0.140. The molecule has 41 nitrogen and oxygen atoms in total. The van der Waals surface area contributed by atoms with Gasteiger partial charge in [-0.25, -0.2) is 4.68 Å². The van der Waals surface area contributed by atoms with Gasteiger partial charge in [0.15, 0.2) is 5.69 Å². The summed E-state index contributed by atoms with van der Waals surface area (Å²) in [5.41, 5.74) is 8.61. The van der Waals surface area contributed by atoms with E-state index in [0.29, 0.717) is 80.6 Å². The van der Waals surface area contributed by atoms with Gasteiger partial charge in [-0.2, -0.15) is 5.10 Å². The Hall–Kier alpha value is -11.6. The first kappa shape index (κ1) is 96.5. The summed E-state index contributed by atoms with van der Waals surface area (Å²) in [4.78, 5) is 216. The van der Waals surface area contributed by atoms with Crippen LogP contribution in [0.3, 0.4) is 0 Å². The van der Waals surface area contributed by atoms with Gasteiger partial charge in [-0.1, -0.05) is 35.3 Å². The number of rotatable bonds is 41. The van der Waals surface area contributed by atoms with Gasteiger partial charge in [0, 0.05) is 130 Å². The number of nitrogens with one attached hydrogen (secondary N) is 9. The molecule has 4 heterocycles. The van der Waals surface area contributed by atoms with E-state index in [0.717, 1.165) is 6.92 Å². The zero-order valence-electron chi connectivity index (χ0n) is 68.1. The van der Waals surface area contributed by atoms with Crippen molar-refractivity contribution in [3.63, 3.8) is 0 Å². The van der Waals surface area contributed by atoms with E-state index in [1.807, 2.05) is 19.9 Å². The molecule has 121 heavy (non-hydrogen) atoms. The van der Waals surface area contributed by atoms with E-state index >= 15 is 0 Å². The van der Waals surface area contributed by atoms with Crippen molar-refractivity contribution in [2.24, 2.45) is 5.73 Å². The molecule has 0 unspecified atom stereocenters. The first-order chi connectivity index (χ1) is 57.2. The zero-order chi connectivity index (χ0) is 89.1. The topological polar surface area (TPSA) is 570 Å². The minimum atomic E-state index is -1.71. The number of carboxylic acids is 5. The molecule has 43 heteroatoms. The molecular formula is C78H105Cl2N17O24. The van der Waals surface area contributed by atoms with Crippen molar-refractivity contribution >= 4 is 124 Å². The van der Waals surface area contributed by atoms with Crippen LogP contribution in [0.25, 0.3) is 28.1 Å². The summed E-state index contributed by atoms with van der Waals surface area (Å²) in [6, 6.07) is 4.89. The van der Waals surface area contributed by atoms with Gasteiger partial charge >= 0.3 is 29.8 Å². The number of hydrogen-bond donors (Lipinski definition) is 15. The number of morpholine rings is 1. The number of fused-ring (bicyclic) bond motifs is 3. The number of aliphatic carboxylic acids is 5. The predicted octanol–water partition coefficient (Wildman–Crippen LogP) is -0.166. The second-order valence-corrected chi connectivity index (χ2v) is 30.9. The van der Waals surface area contributed by atoms with Crippen LogP contribution in [0.2, 0.25) is 10.0 Å². The molecule has 0 radical (unpaired) electrons. The molecule has 7 rings (SSSR count). The van der Waals surface area contributed by atoms with Gasteiger partial charge < -0.3 is 98.2 Å². The maximum atomic E-state index is 14.5. The molecule has 16 N–H and O–H groups in total. The molecule has 3 aromatic carbocycles. The summed E-state index contributed by atoms with van der Waals surface area (Å²) in [5.74, 6) is -14.6. The van der Waals surface area contributed by atoms with Crippen molar-refractivity contribution in [1.29, 1.82) is 0 Å². The van der Waals surface area contributed by atoms with Crippen molar-refractivity contribution in [2.45, 2.75) is 154 Å². The molecule has 0 bridgehead atoms. The smallest absolute Gasteiger partial charge is 0.317 e. The monoisotopic (exact) mass is 1730 g/mol. The average molecular weight is 1740 g/mol. The molecule has 660 valence electrons. The Labute approximate surface area is 706 Å². The third-order valence-corrected chi connectivity index (χ3v) is 20.4. The van der Waals surface area contributed by atoms with Crippen molar-refractivity contribution in [2.75, 3.05) is 117 Å². The second-order valence-electron chi connectivity index (χ2n) is 30.1. The first-order valence-electron chi connectivity index (χ1n) is 39.1. The van der Waals surface area contributed by atoms with Crippen molar-refractivity contribution in [3.8, 4) is 39.6 Å². The summed E-state index contributed by atoms with van der Waals surface area (Å²) in [6.45, 7) is 8.82. The van der Waals surface area contributed by atoms with E-state index in [2.05, 4.69) is 47.9 Å². The summed E-state index contributed by atoms with van der Waals surface area (Å²) in [7, 11) is 1.50. The van der Waals surface area contributed by atoms with Crippen molar-refractivity contribution in [3.05, 3.63) is 75.9 Å². The van der Waals surface area contributed by atoms with Crippen molar-refractivity contribution in [1.82, 2.24) is 76.8 Å². The number of nitrogens with zero attached hydrogens (tertiary/aromatic N) is 7. The molecule has 2 fully saturated rings. The zero-order valence-corrected chi connectivity index (χ0v) is 69.6. The lowest BCUT2D eigenvalue weighted by atomic mass is 9.95. The van der Waals surface area contributed by atoms with Gasteiger partial charge in [-0.05, 0) is 116 Å². The SMILES string of the molecule is COc1cc2c(cc1-c1cccc(NC(=O)CCC(=O)NCCCC[C@@H](NC(=O)[C@@H](C)NC(=O)[C@@H](CCC(=O)O)NC(=O)[C@@H](C)NC(=O)[C@@H](CCC(=O)O)NC(=O)[C@@H](C)NC(=O)CN3CCN(CC(=O)O)CCN(CC(=O)O)CCN(CC(=O)O)CC3)C(=O)N[C@H](C)C(N)=O)c1)-c1c(c(C(=O)N3CCOCC3(C)C)nn1-c1cc(Cl)cc(Cl)c1)CO2. The van der Waals surface area contributed by atoms with Crippen LogP contribution in [-0.2, 0) is 83.3 Å². The predicted molar refractivity (Wildman–Crippen MR) is 434 cm³/mol. The molecule has 7 atom stereocenters. The lowest BCUT2D eigenvalue weighted by Crippen LogP contribution is -2.59. The number of hydrogen-bond acceptors (Lipinski definition) is 24. The van der Waals surface area contributed by atoms with Crippen LogP contribution >= 0.6 is 23.2 Å². The van der Waals surface area contributed by atoms with Crippen LogP contribution in [0.5, 0.6) is 11.5 Å². The number of methoxy groups -OCH3 is 1. The third kappa shape index (κ3) is 29.9. The van der Waals surface area contributed by atoms with Crippen molar-refractivity contribution < 1.29 is 116 Å². The van der Waals surface area contributed by atoms with E-state index in [1.54, 1.807) is 67.9 Å².